The van der Waals surface area contributed by atoms with E-state index in [1.807, 2.05) is 20.8 Å². The summed E-state index contributed by atoms with van der Waals surface area (Å²) < 4.78 is 5.69. The Kier molecular flexibility index (Phi) is 4.03. The number of aliphatic hydroxyl groups is 1. The molecular weight excluding hydrogens is 260 g/mol. The molecule has 1 aromatic carbocycles. The van der Waals surface area contributed by atoms with Crippen molar-refractivity contribution < 1.29 is 9.52 Å². The first-order chi connectivity index (χ1) is 9.68. The van der Waals surface area contributed by atoms with Gasteiger partial charge in [0.25, 0.3) is 0 Å². The lowest BCUT2D eigenvalue weighted by Gasteiger charge is -2.23. The second-order valence-electron chi connectivity index (χ2n) is 6.19. The van der Waals surface area contributed by atoms with Gasteiger partial charge in [-0.15, -0.1) is 0 Å². The quantitative estimate of drug-likeness (QED) is 0.858. The van der Waals surface area contributed by atoms with Crippen molar-refractivity contribution in [2.45, 2.75) is 61.5 Å². The molecule has 0 saturated carbocycles. The molecule has 21 heavy (non-hydrogen) atoms. The molecule has 114 valence electrons. The fourth-order valence-electron chi connectivity index (χ4n) is 3.30. The highest BCUT2D eigenvalue weighted by atomic mass is 16.3. The third kappa shape index (κ3) is 2.32. The lowest BCUT2D eigenvalue weighted by atomic mass is 9.84. The highest BCUT2D eigenvalue weighted by molar-refractivity contribution is 5.53. The van der Waals surface area contributed by atoms with Crippen molar-refractivity contribution in [1.82, 2.24) is 0 Å². The molecule has 1 aromatic heterocycles. The van der Waals surface area contributed by atoms with E-state index in [0.717, 1.165) is 28.2 Å². The SMILES string of the molecule is Cc1oc(C)c(C(O)c2c(C)c(C)c(C)c(C)c2C)c1C. The standard InChI is InChI=1S/C19H26O2/c1-9-10(2)12(4)17(13(5)11(9)3)19(20)18-14(6)15(7)21-16(18)8/h19-20H,1-8H3. The number of aliphatic hydroxyl groups excluding tert-OH is 1. The lowest BCUT2D eigenvalue weighted by Crippen LogP contribution is -2.10. The highest BCUT2D eigenvalue weighted by Gasteiger charge is 2.25. The van der Waals surface area contributed by atoms with Gasteiger partial charge in [-0.3, -0.25) is 0 Å². The summed E-state index contributed by atoms with van der Waals surface area (Å²) in [6.07, 6.45) is -0.625. The number of rotatable bonds is 2. The van der Waals surface area contributed by atoms with Gasteiger partial charge in [-0.2, -0.15) is 0 Å². The fraction of sp³-hybridized carbons (Fsp3) is 0.474. The fourth-order valence-corrected chi connectivity index (χ4v) is 3.30. The molecular formula is C19H26O2. The predicted molar refractivity (Wildman–Crippen MR) is 87.1 cm³/mol. The zero-order valence-electron chi connectivity index (χ0n) is 14.4. The third-order valence-electron chi connectivity index (χ3n) is 5.22. The van der Waals surface area contributed by atoms with Crippen LogP contribution in [-0.2, 0) is 0 Å². The number of aryl methyl sites for hydroxylation is 2. The minimum absolute atomic E-state index is 0.625. The molecule has 0 spiro atoms. The number of hydrogen-bond donors (Lipinski definition) is 1. The Morgan fingerprint density at radius 3 is 1.38 bits per heavy atom. The van der Waals surface area contributed by atoms with Crippen LogP contribution < -0.4 is 0 Å². The van der Waals surface area contributed by atoms with Crippen molar-refractivity contribution in [1.29, 1.82) is 0 Å². The van der Waals surface area contributed by atoms with Crippen LogP contribution in [0.15, 0.2) is 4.42 Å². The molecule has 1 unspecified atom stereocenters. The second kappa shape index (κ2) is 5.34. The van der Waals surface area contributed by atoms with Crippen LogP contribution >= 0.6 is 0 Å². The van der Waals surface area contributed by atoms with Crippen LogP contribution in [-0.4, -0.2) is 5.11 Å². The van der Waals surface area contributed by atoms with Gasteiger partial charge in [0.05, 0.1) is 0 Å². The molecule has 1 N–H and O–H groups in total. The van der Waals surface area contributed by atoms with Crippen LogP contribution in [0.4, 0.5) is 0 Å². The molecule has 2 rings (SSSR count). The van der Waals surface area contributed by atoms with Crippen molar-refractivity contribution >= 4 is 0 Å². The molecule has 0 radical (unpaired) electrons. The average molecular weight is 286 g/mol. The number of hydrogen-bond acceptors (Lipinski definition) is 2. The van der Waals surface area contributed by atoms with Crippen molar-refractivity contribution in [2.75, 3.05) is 0 Å². The molecule has 0 aliphatic rings. The Labute approximate surface area is 127 Å². The highest BCUT2D eigenvalue weighted by Crippen LogP contribution is 2.37. The lowest BCUT2D eigenvalue weighted by molar-refractivity contribution is 0.215. The number of furan rings is 1. The minimum atomic E-state index is -0.625. The van der Waals surface area contributed by atoms with E-state index in [2.05, 4.69) is 34.6 Å². The summed E-state index contributed by atoms with van der Waals surface area (Å²) in [4.78, 5) is 0. The Morgan fingerprint density at radius 1 is 0.571 bits per heavy atom. The third-order valence-corrected chi connectivity index (χ3v) is 5.22. The maximum absolute atomic E-state index is 11.0. The van der Waals surface area contributed by atoms with E-state index in [4.69, 9.17) is 4.42 Å². The van der Waals surface area contributed by atoms with Gasteiger partial charge in [-0.25, -0.2) is 0 Å². The van der Waals surface area contributed by atoms with Crippen LogP contribution in [0.2, 0.25) is 0 Å². The summed E-state index contributed by atoms with van der Waals surface area (Å²) in [6, 6.07) is 0. The summed E-state index contributed by atoms with van der Waals surface area (Å²) >= 11 is 0. The molecule has 0 saturated heterocycles. The molecule has 0 fully saturated rings. The van der Waals surface area contributed by atoms with Gasteiger partial charge in [0, 0.05) is 5.56 Å². The van der Waals surface area contributed by atoms with E-state index in [0.29, 0.717) is 0 Å². The average Bonchev–Trinajstić information content (AvgIpc) is 2.67. The van der Waals surface area contributed by atoms with Crippen molar-refractivity contribution in [3.05, 3.63) is 56.0 Å². The van der Waals surface area contributed by atoms with E-state index in [-0.39, 0.29) is 0 Å². The van der Waals surface area contributed by atoms with Gasteiger partial charge in [-0.05, 0) is 94.3 Å². The normalized spacial score (nSPS) is 12.8. The maximum atomic E-state index is 11.0. The molecule has 0 amide bonds. The molecule has 2 aromatic rings. The first-order valence-corrected chi connectivity index (χ1v) is 7.49. The zero-order valence-corrected chi connectivity index (χ0v) is 14.4. The summed E-state index contributed by atoms with van der Waals surface area (Å²) in [5.41, 5.74) is 9.21. The van der Waals surface area contributed by atoms with Crippen LogP contribution in [0.1, 0.15) is 62.1 Å². The summed E-state index contributed by atoms with van der Waals surface area (Å²) in [5.74, 6) is 1.70. The summed E-state index contributed by atoms with van der Waals surface area (Å²) in [6.45, 7) is 16.5. The first kappa shape index (κ1) is 15.8. The van der Waals surface area contributed by atoms with Gasteiger partial charge >= 0.3 is 0 Å². The van der Waals surface area contributed by atoms with E-state index in [1.54, 1.807) is 0 Å². The maximum Gasteiger partial charge on any atom is 0.108 e. The van der Waals surface area contributed by atoms with Crippen LogP contribution in [0.3, 0.4) is 0 Å². The van der Waals surface area contributed by atoms with Crippen molar-refractivity contribution in [3.8, 4) is 0 Å². The molecule has 0 aliphatic carbocycles. The second-order valence-corrected chi connectivity index (χ2v) is 6.19. The van der Waals surface area contributed by atoms with Gasteiger partial charge in [-0.1, -0.05) is 0 Å². The van der Waals surface area contributed by atoms with Crippen molar-refractivity contribution in [3.63, 3.8) is 0 Å². The molecule has 2 heteroatoms. The summed E-state index contributed by atoms with van der Waals surface area (Å²) in [5, 5.41) is 11.0. The van der Waals surface area contributed by atoms with Crippen molar-refractivity contribution in [2.24, 2.45) is 0 Å². The first-order valence-electron chi connectivity index (χ1n) is 7.49. The molecule has 1 atom stereocenters. The molecule has 0 aliphatic heterocycles. The Bertz CT molecular complexity index is 676. The number of benzene rings is 1. The topological polar surface area (TPSA) is 33.4 Å². The smallest absolute Gasteiger partial charge is 0.108 e. The Balaban J connectivity index is 2.72. The van der Waals surface area contributed by atoms with E-state index in [1.165, 1.54) is 27.8 Å². The minimum Gasteiger partial charge on any atom is -0.466 e. The molecule has 2 nitrogen and oxygen atoms in total. The van der Waals surface area contributed by atoms with E-state index < -0.39 is 6.10 Å². The Hall–Kier alpha value is -1.54. The zero-order chi connectivity index (χ0) is 16.1. The van der Waals surface area contributed by atoms with Crippen LogP contribution in [0, 0.1) is 55.4 Å². The van der Waals surface area contributed by atoms with E-state index in [9.17, 15) is 5.11 Å². The molecule has 0 bridgehead atoms. The largest absolute Gasteiger partial charge is 0.466 e. The van der Waals surface area contributed by atoms with Crippen LogP contribution in [0.5, 0.6) is 0 Å². The van der Waals surface area contributed by atoms with Gasteiger partial charge < -0.3 is 9.52 Å². The predicted octanol–water partition coefficient (Wildman–Crippen LogP) is 4.83. The van der Waals surface area contributed by atoms with Crippen LogP contribution in [0.25, 0.3) is 0 Å². The van der Waals surface area contributed by atoms with Gasteiger partial charge in [0.2, 0.25) is 0 Å². The van der Waals surface area contributed by atoms with Gasteiger partial charge in [0.1, 0.15) is 17.6 Å². The molecule has 1 heterocycles. The monoisotopic (exact) mass is 286 g/mol. The van der Waals surface area contributed by atoms with E-state index >= 15 is 0 Å². The Morgan fingerprint density at radius 2 is 1.00 bits per heavy atom. The van der Waals surface area contributed by atoms with Gasteiger partial charge in [0.15, 0.2) is 0 Å². The summed E-state index contributed by atoms with van der Waals surface area (Å²) in [7, 11) is 0.